The molecule has 0 spiro atoms. The molecular weight excluding hydrogens is 414 g/mol. The zero-order valence-corrected chi connectivity index (χ0v) is 15.0. The molecule has 0 saturated carbocycles. The van der Waals surface area contributed by atoms with Crippen LogP contribution in [0, 0.1) is 0 Å². The number of halogens is 6. The van der Waals surface area contributed by atoms with Gasteiger partial charge in [0.2, 0.25) is 0 Å². The van der Waals surface area contributed by atoms with Gasteiger partial charge in [-0.25, -0.2) is 4.79 Å². The minimum absolute atomic E-state index is 0.0200. The molecule has 4 nitrogen and oxygen atoms in total. The largest absolute Gasteiger partial charge is 0.508 e. The predicted molar refractivity (Wildman–Crippen MR) is 97.9 cm³/mol. The number of rotatable bonds is 3. The number of urea groups is 1. The normalized spacial score (nSPS) is 12.1. The average molecular weight is 428 g/mol. The summed E-state index contributed by atoms with van der Waals surface area (Å²) in [5, 5.41) is 15.5. The zero-order chi connectivity index (χ0) is 22.1. The van der Waals surface area contributed by atoms with Gasteiger partial charge in [0.1, 0.15) is 5.75 Å². The lowest BCUT2D eigenvalue weighted by molar-refractivity contribution is -0.143. The van der Waals surface area contributed by atoms with Gasteiger partial charge < -0.3 is 15.7 Å². The number of hydrogen-bond acceptors (Lipinski definition) is 2. The van der Waals surface area contributed by atoms with Crippen molar-refractivity contribution in [2.24, 2.45) is 0 Å². The highest BCUT2D eigenvalue weighted by molar-refractivity contribution is 6.02. The highest BCUT2D eigenvalue weighted by Gasteiger charge is 2.36. The van der Waals surface area contributed by atoms with E-state index in [1.165, 1.54) is 18.2 Å². The van der Waals surface area contributed by atoms with E-state index in [4.69, 9.17) is 0 Å². The molecule has 0 aromatic heterocycles. The summed E-state index contributed by atoms with van der Waals surface area (Å²) in [5.41, 5.74) is -2.97. The Hall–Kier alpha value is -3.43. The molecule has 0 radical (unpaired) electrons. The molecule has 0 saturated heterocycles. The Labute approximate surface area is 166 Å². The molecule has 10 heteroatoms. The van der Waals surface area contributed by atoms with Gasteiger partial charge in [-0.1, -0.05) is 18.2 Å². The number of carbonyl (C=O) groups is 1. The minimum atomic E-state index is -4.97. The number of benzene rings is 3. The first kappa shape index (κ1) is 21.3. The molecule has 3 rings (SSSR count). The van der Waals surface area contributed by atoms with Gasteiger partial charge in [0.15, 0.2) is 0 Å². The molecule has 0 atom stereocenters. The summed E-state index contributed by atoms with van der Waals surface area (Å²) in [6.45, 7) is -0.561. The lowest BCUT2D eigenvalue weighted by atomic mass is 10.0. The molecule has 0 unspecified atom stereocenters. The molecular formula is C20H14F6N2O2. The van der Waals surface area contributed by atoms with Crippen molar-refractivity contribution in [3.63, 3.8) is 0 Å². The lowest BCUT2D eigenvalue weighted by Gasteiger charge is -2.15. The van der Waals surface area contributed by atoms with Gasteiger partial charge in [-0.2, -0.15) is 26.3 Å². The summed E-state index contributed by atoms with van der Waals surface area (Å²) in [4.78, 5) is 12.1. The molecule has 30 heavy (non-hydrogen) atoms. The van der Waals surface area contributed by atoms with Gasteiger partial charge >= 0.3 is 18.4 Å². The third-order valence-corrected chi connectivity index (χ3v) is 4.21. The highest BCUT2D eigenvalue weighted by atomic mass is 19.4. The number of amides is 2. The van der Waals surface area contributed by atoms with Gasteiger partial charge in [0.05, 0.1) is 16.8 Å². The second-order valence-electron chi connectivity index (χ2n) is 6.43. The summed E-state index contributed by atoms with van der Waals surface area (Å²) in [6.07, 6.45) is -9.94. The van der Waals surface area contributed by atoms with Gasteiger partial charge in [-0.05, 0) is 47.3 Å². The van der Waals surface area contributed by atoms with Crippen molar-refractivity contribution >= 4 is 22.5 Å². The fraction of sp³-hybridized carbons (Fsp3) is 0.150. The molecule has 158 valence electrons. The van der Waals surface area contributed by atoms with Crippen LogP contribution < -0.4 is 10.6 Å². The second-order valence-corrected chi connectivity index (χ2v) is 6.43. The number of aromatic hydroxyl groups is 1. The van der Waals surface area contributed by atoms with Crippen LogP contribution in [0.3, 0.4) is 0 Å². The first-order chi connectivity index (χ1) is 13.9. The topological polar surface area (TPSA) is 61.4 Å². The predicted octanol–water partition coefficient (Wildman–Crippen LogP) is 5.90. The van der Waals surface area contributed by atoms with E-state index in [1.54, 1.807) is 18.2 Å². The van der Waals surface area contributed by atoms with Crippen molar-refractivity contribution in [1.29, 1.82) is 0 Å². The highest BCUT2D eigenvalue weighted by Crippen LogP contribution is 2.36. The van der Waals surface area contributed by atoms with Gasteiger partial charge in [0, 0.05) is 11.9 Å². The lowest BCUT2D eigenvalue weighted by Crippen LogP contribution is -2.28. The summed E-state index contributed by atoms with van der Waals surface area (Å²) >= 11 is 0. The molecule has 0 bridgehead atoms. The Kier molecular flexibility index (Phi) is 5.51. The Morgan fingerprint density at radius 2 is 1.50 bits per heavy atom. The Balaban J connectivity index is 1.79. The first-order valence-electron chi connectivity index (χ1n) is 8.48. The molecule has 3 aromatic rings. The van der Waals surface area contributed by atoms with Crippen LogP contribution in [0.4, 0.5) is 36.8 Å². The van der Waals surface area contributed by atoms with Crippen LogP contribution in [0.1, 0.15) is 16.7 Å². The van der Waals surface area contributed by atoms with Crippen LogP contribution >= 0.6 is 0 Å². The molecule has 2 amide bonds. The summed E-state index contributed by atoms with van der Waals surface area (Å²) in [7, 11) is 0. The van der Waals surface area contributed by atoms with E-state index in [1.807, 2.05) is 0 Å². The summed E-state index contributed by atoms with van der Waals surface area (Å²) < 4.78 is 77.5. The van der Waals surface area contributed by atoms with Crippen molar-refractivity contribution < 1.29 is 36.2 Å². The van der Waals surface area contributed by atoms with Crippen LogP contribution in [0.5, 0.6) is 5.75 Å². The maximum atomic E-state index is 12.9. The number of anilines is 1. The smallest absolute Gasteiger partial charge is 0.416 e. The van der Waals surface area contributed by atoms with Crippen molar-refractivity contribution in [1.82, 2.24) is 5.32 Å². The fourth-order valence-electron chi connectivity index (χ4n) is 2.84. The standard InChI is InChI=1S/C20H14F6N2O2/c21-19(22,23)13-6-11(7-14(8-13)20(24,25)26)10-27-18(30)28-17-3-1-2-12-4-5-15(29)9-16(12)17/h1-9,29H,10H2,(H2,27,28,30). The number of carbonyl (C=O) groups excluding carboxylic acids is 1. The summed E-state index contributed by atoms with van der Waals surface area (Å²) in [5.74, 6) is -0.0409. The fourth-order valence-corrected chi connectivity index (χ4v) is 2.84. The molecule has 0 aliphatic carbocycles. The van der Waals surface area contributed by atoms with Crippen molar-refractivity contribution in [3.05, 3.63) is 71.3 Å². The summed E-state index contributed by atoms with van der Waals surface area (Å²) in [6, 6.07) is 9.67. The molecule has 0 heterocycles. The van der Waals surface area contributed by atoms with E-state index >= 15 is 0 Å². The van der Waals surface area contributed by atoms with Crippen LogP contribution in [-0.4, -0.2) is 11.1 Å². The van der Waals surface area contributed by atoms with E-state index in [0.29, 0.717) is 28.6 Å². The molecule has 3 aromatic carbocycles. The average Bonchev–Trinajstić information content (AvgIpc) is 2.65. The number of hydrogen-bond donors (Lipinski definition) is 3. The van der Waals surface area contributed by atoms with Crippen molar-refractivity contribution in [3.8, 4) is 5.75 Å². The van der Waals surface area contributed by atoms with Gasteiger partial charge in [0.25, 0.3) is 0 Å². The number of phenolic OH excluding ortho intramolecular Hbond substituents is 1. The van der Waals surface area contributed by atoms with Crippen LogP contribution in [0.15, 0.2) is 54.6 Å². The van der Waals surface area contributed by atoms with E-state index in [0.717, 1.165) is 0 Å². The maximum Gasteiger partial charge on any atom is 0.416 e. The Bertz CT molecular complexity index is 1060. The molecule has 0 fully saturated rings. The number of alkyl halides is 6. The van der Waals surface area contributed by atoms with Crippen molar-refractivity contribution in [2.45, 2.75) is 18.9 Å². The van der Waals surface area contributed by atoms with Gasteiger partial charge in [-0.3, -0.25) is 0 Å². The Morgan fingerprint density at radius 1 is 0.867 bits per heavy atom. The van der Waals surface area contributed by atoms with E-state index in [9.17, 15) is 36.2 Å². The maximum absolute atomic E-state index is 12.9. The van der Waals surface area contributed by atoms with E-state index in [2.05, 4.69) is 10.6 Å². The van der Waals surface area contributed by atoms with Crippen LogP contribution in [0.2, 0.25) is 0 Å². The molecule has 0 aliphatic rings. The van der Waals surface area contributed by atoms with Crippen molar-refractivity contribution in [2.75, 3.05) is 5.32 Å². The third-order valence-electron chi connectivity index (χ3n) is 4.21. The SMILES string of the molecule is O=C(NCc1cc(C(F)(F)F)cc(C(F)(F)F)c1)Nc1cccc2ccc(O)cc12. The zero-order valence-electron chi connectivity index (χ0n) is 15.0. The molecule has 3 N–H and O–H groups in total. The molecule has 0 aliphatic heterocycles. The van der Waals surface area contributed by atoms with E-state index < -0.39 is 36.1 Å². The minimum Gasteiger partial charge on any atom is -0.508 e. The second kappa shape index (κ2) is 7.77. The monoisotopic (exact) mass is 428 g/mol. The number of fused-ring (bicyclic) bond motifs is 1. The number of phenols is 1. The number of nitrogens with one attached hydrogen (secondary N) is 2. The third kappa shape index (κ3) is 4.94. The van der Waals surface area contributed by atoms with Gasteiger partial charge in [-0.15, -0.1) is 0 Å². The first-order valence-corrected chi connectivity index (χ1v) is 8.48. The quantitative estimate of drug-likeness (QED) is 0.455. The van der Waals surface area contributed by atoms with Crippen LogP contribution in [-0.2, 0) is 18.9 Å². The van der Waals surface area contributed by atoms with Crippen LogP contribution in [0.25, 0.3) is 10.8 Å². The van der Waals surface area contributed by atoms with E-state index in [-0.39, 0.29) is 17.4 Å². The Morgan fingerprint density at radius 3 is 2.10 bits per heavy atom.